The van der Waals surface area contributed by atoms with Crippen molar-refractivity contribution in [1.29, 1.82) is 0 Å². The molecule has 0 atom stereocenters. The Balaban J connectivity index is 0.00000128. The Labute approximate surface area is 104 Å². The highest BCUT2D eigenvalue weighted by Gasteiger charge is 2.18. The predicted molar refractivity (Wildman–Crippen MR) is 68.7 cm³/mol. The van der Waals surface area contributed by atoms with Crippen molar-refractivity contribution >= 4 is 12.4 Å². The third-order valence-electron chi connectivity index (χ3n) is 3.05. The van der Waals surface area contributed by atoms with Crippen molar-refractivity contribution in [2.24, 2.45) is 5.73 Å². The lowest BCUT2D eigenvalue weighted by Crippen LogP contribution is -2.30. The van der Waals surface area contributed by atoms with E-state index in [9.17, 15) is 0 Å². The SMILES string of the molecule is Cl.NC1CCC(OCc2ccccc2)CC1. The van der Waals surface area contributed by atoms with Crippen LogP contribution in [-0.2, 0) is 11.3 Å². The van der Waals surface area contributed by atoms with E-state index in [1.54, 1.807) is 0 Å². The van der Waals surface area contributed by atoms with E-state index in [-0.39, 0.29) is 12.4 Å². The topological polar surface area (TPSA) is 35.2 Å². The minimum Gasteiger partial charge on any atom is -0.374 e. The van der Waals surface area contributed by atoms with Crippen molar-refractivity contribution in [3.05, 3.63) is 35.9 Å². The van der Waals surface area contributed by atoms with Crippen molar-refractivity contribution in [3.8, 4) is 0 Å². The molecule has 2 rings (SSSR count). The Morgan fingerprint density at radius 1 is 1.06 bits per heavy atom. The van der Waals surface area contributed by atoms with Crippen LogP contribution in [-0.4, -0.2) is 12.1 Å². The lowest BCUT2D eigenvalue weighted by molar-refractivity contribution is 0.0138. The average molecular weight is 242 g/mol. The summed E-state index contributed by atoms with van der Waals surface area (Å²) < 4.78 is 5.86. The molecule has 1 aromatic carbocycles. The fourth-order valence-corrected chi connectivity index (χ4v) is 2.04. The fourth-order valence-electron chi connectivity index (χ4n) is 2.04. The van der Waals surface area contributed by atoms with Crippen molar-refractivity contribution in [2.75, 3.05) is 0 Å². The van der Waals surface area contributed by atoms with Crippen LogP contribution in [0, 0.1) is 0 Å². The van der Waals surface area contributed by atoms with Crippen LogP contribution in [0.15, 0.2) is 30.3 Å². The van der Waals surface area contributed by atoms with E-state index in [0.717, 1.165) is 32.3 Å². The van der Waals surface area contributed by atoms with E-state index in [4.69, 9.17) is 10.5 Å². The normalized spacial score (nSPS) is 24.8. The number of ether oxygens (including phenoxy) is 1. The summed E-state index contributed by atoms with van der Waals surface area (Å²) in [6.45, 7) is 0.737. The minimum atomic E-state index is 0. The van der Waals surface area contributed by atoms with Crippen LogP contribution in [0.1, 0.15) is 31.2 Å². The lowest BCUT2D eigenvalue weighted by Gasteiger charge is -2.26. The lowest BCUT2D eigenvalue weighted by atomic mass is 9.94. The van der Waals surface area contributed by atoms with Gasteiger partial charge in [-0.2, -0.15) is 0 Å². The van der Waals surface area contributed by atoms with Gasteiger partial charge in [0.05, 0.1) is 12.7 Å². The Bertz CT molecular complexity index is 283. The molecule has 3 heteroatoms. The molecule has 1 aliphatic rings. The maximum atomic E-state index is 5.86. The molecule has 1 aliphatic carbocycles. The highest BCUT2D eigenvalue weighted by molar-refractivity contribution is 5.85. The molecule has 0 aliphatic heterocycles. The molecule has 1 saturated carbocycles. The van der Waals surface area contributed by atoms with Gasteiger partial charge < -0.3 is 10.5 Å². The number of halogens is 1. The quantitative estimate of drug-likeness (QED) is 0.883. The summed E-state index contributed by atoms with van der Waals surface area (Å²) >= 11 is 0. The van der Waals surface area contributed by atoms with Gasteiger partial charge in [0, 0.05) is 6.04 Å². The van der Waals surface area contributed by atoms with Crippen LogP contribution in [0.3, 0.4) is 0 Å². The van der Waals surface area contributed by atoms with Gasteiger partial charge in [-0.3, -0.25) is 0 Å². The third kappa shape index (κ3) is 4.12. The highest BCUT2D eigenvalue weighted by Crippen LogP contribution is 2.20. The smallest absolute Gasteiger partial charge is 0.0720 e. The first-order valence-electron chi connectivity index (χ1n) is 5.75. The van der Waals surface area contributed by atoms with Crippen LogP contribution in [0.5, 0.6) is 0 Å². The number of nitrogens with two attached hydrogens (primary N) is 1. The molecule has 0 radical (unpaired) electrons. The monoisotopic (exact) mass is 241 g/mol. The summed E-state index contributed by atoms with van der Waals surface area (Å²) in [7, 11) is 0. The van der Waals surface area contributed by atoms with Crippen molar-refractivity contribution in [1.82, 2.24) is 0 Å². The number of hydrogen-bond donors (Lipinski definition) is 1. The van der Waals surface area contributed by atoms with Crippen LogP contribution >= 0.6 is 12.4 Å². The maximum Gasteiger partial charge on any atom is 0.0720 e. The Kier molecular flexibility index (Phi) is 5.81. The molecule has 16 heavy (non-hydrogen) atoms. The second kappa shape index (κ2) is 6.89. The summed E-state index contributed by atoms with van der Waals surface area (Å²) in [5.41, 5.74) is 7.11. The first-order chi connectivity index (χ1) is 7.34. The van der Waals surface area contributed by atoms with Gasteiger partial charge in [0.2, 0.25) is 0 Å². The molecule has 2 N–H and O–H groups in total. The first kappa shape index (κ1) is 13.5. The van der Waals surface area contributed by atoms with Crippen molar-refractivity contribution in [3.63, 3.8) is 0 Å². The molecule has 0 heterocycles. The van der Waals surface area contributed by atoms with E-state index in [0.29, 0.717) is 12.1 Å². The Morgan fingerprint density at radius 3 is 2.31 bits per heavy atom. The van der Waals surface area contributed by atoms with Crippen LogP contribution < -0.4 is 5.73 Å². The molecule has 90 valence electrons. The number of hydrogen-bond acceptors (Lipinski definition) is 2. The summed E-state index contributed by atoms with van der Waals surface area (Å²) in [5.74, 6) is 0. The van der Waals surface area contributed by atoms with Crippen molar-refractivity contribution < 1.29 is 4.74 Å². The van der Waals surface area contributed by atoms with Gasteiger partial charge in [-0.05, 0) is 31.2 Å². The molecule has 0 unspecified atom stereocenters. The molecular formula is C13H20ClNO. The Morgan fingerprint density at radius 2 is 1.69 bits per heavy atom. The van der Waals surface area contributed by atoms with Gasteiger partial charge in [-0.15, -0.1) is 12.4 Å². The summed E-state index contributed by atoms with van der Waals surface area (Å²) in [5, 5.41) is 0. The third-order valence-corrected chi connectivity index (χ3v) is 3.05. The maximum absolute atomic E-state index is 5.86. The molecule has 0 amide bonds. The molecule has 1 aromatic rings. The van der Waals surface area contributed by atoms with Crippen LogP contribution in [0.2, 0.25) is 0 Å². The molecule has 0 spiro atoms. The van der Waals surface area contributed by atoms with Gasteiger partial charge in [0.25, 0.3) is 0 Å². The van der Waals surface area contributed by atoms with Gasteiger partial charge in [0.1, 0.15) is 0 Å². The summed E-state index contributed by atoms with van der Waals surface area (Å²) in [4.78, 5) is 0. The largest absolute Gasteiger partial charge is 0.374 e. The van der Waals surface area contributed by atoms with E-state index in [1.807, 2.05) is 6.07 Å². The van der Waals surface area contributed by atoms with Gasteiger partial charge in [-0.25, -0.2) is 0 Å². The van der Waals surface area contributed by atoms with E-state index >= 15 is 0 Å². The first-order valence-corrected chi connectivity index (χ1v) is 5.75. The summed E-state index contributed by atoms with van der Waals surface area (Å²) in [6, 6.07) is 10.7. The van der Waals surface area contributed by atoms with E-state index < -0.39 is 0 Å². The standard InChI is InChI=1S/C13H19NO.ClH/c14-12-6-8-13(9-7-12)15-10-11-4-2-1-3-5-11;/h1-5,12-13H,6-10,14H2;1H. The van der Waals surface area contributed by atoms with E-state index in [1.165, 1.54) is 5.56 Å². The second-order valence-corrected chi connectivity index (χ2v) is 4.33. The zero-order chi connectivity index (χ0) is 10.5. The minimum absolute atomic E-state index is 0. The van der Waals surface area contributed by atoms with Gasteiger partial charge in [-0.1, -0.05) is 30.3 Å². The van der Waals surface area contributed by atoms with Gasteiger partial charge in [0.15, 0.2) is 0 Å². The van der Waals surface area contributed by atoms with Crippen LogP contribution in [0.25, 0.3) is 0 Å². The molecule has 0 saturated heterocycles. The van der Waals surface area contributed by atoms with E-state index in [2.05, 4.69) is 24.3 Å². The molecular weight excluding hydrogens is 222 g/mol. The number of benzene rings is 1. The van der Waals surface area contributed by atoms with Crippen LogP contribution in [0.4, 0.5) is 0 Å². The highest BCUT2D eigenvalue weighted by atomic mass is 35.5. The molecule has 0 bridgehead atoms. The van der Waals surface area contributed by atoms with Crippen molar-refractivity contribution in [2.45, 2.75) is 44.4 Å². The number of rotatable bonds is 3. The van der Waals surface area contributed by atoms with Gasteiger partial charge >= 0.3 is 0 Å². The fraction of sp³-hybridized carbons (Fsp3) is 0.538. The zero-order valence-corrected chi connectivity index (χ0v) is 10.3. The average Bonchev–Trinajstić information content (AvgIpc) is 2.30. The molecule has 0 aromatic heterocycles. The Hall–Kier alpha value is -0.570. The predicted octanol–water partition coefficient (Wildman–Crippen LogP) is 2.89. The molecule has 2 nitrogen and oxygen atoms in total. The molecule has 1 fully saturated rings. The summed E-state index contributed by atoms with van der Waals surface area (Å²) in [6.07, 6.45) is 4.88. The second-order valence-electron chi connectivity index (χ2n) is 4.33. The zero-order valence-electron chi connectivity index (χ0n) is 9.47.